The van der Waals surface area contributed by atoms with Gasteiger partial charge in [-0.25, -0.2) is 4.98 Å². The first kappa shape index (κ1) is 30.4. The van der Waals surface area contributed by atoms with Gasteiger partial charge in [-0.3, -0.25) is 14.5 Å². The van der Waals surface area contributed by atoms with E-state index in [2.05, 4.69) is 32.4 Å². The highest BCUT2D eigenvalue weighted by atomic mass is 19.4. The first-order valence-electron chi connectivity index (χ1n) is 13.0. The number of allylic oxidation sites excluding steroid dienone is 1. The lowest BCUT2D eigenvalue weighted by Gasteiger charge is -2.15. The van der Waals surface area contributed by atoms with Crippen molar-refractivity contribution in [1.82, 2.24) is 20.1 Å². The van der Waals surface area contributed by atoms with Crippen molar-refractivity contribution in [2.45, 2.75) is 38.5 Å². The van der Waals surface area contributed by atoms with E-state index in [4.69, 9.17) is 18.9 Å². The van der Waals surface area contributed by atoms with Gasteiger partial charge in [-0.05, 0) is 50.8 Å². The van der Waals surface area contributed by atoms with Crippen LogP contribution in [0.25, 0.3) is 5.76 Å². The Morgan fingerprint density at radius 1 is 1.19 bits per heavy atom. The number of nitrogens with one attached hydrogen (secondary N) is 2. The summed E-state index contributed by atoms with van der Waals surface area (Å²) in [6.07, 6.45) is 1.98. The van der Waals surface area contributed by atoms with Crippen LogP contribution in [0.1, 0.15) is 35.8 Å². The Morgan fingerprint density at radius 3 is 2.52 bits per heavy atom. The maximum Gasteiger partial charge on any atom is 0.422 e. The summed E-state index contributed by atoms with van der Waals surface area (Å²) in [4.78, 5) is 21.2. The van der Waals surface area contributed by atoms with Gasteiger partial charge in [-0.1, -0.05) is 0 Å². The lowest BCUT2D eigenvalue weighted by atomic mass is 10.1. The molecule has 11 nitrogen and oxygen atoms in total. The maximum absolute atomic E-state index is 13.0. The van der Waals surface area contributed by atoms with E-state index in [0.29, 0.717) is 53.4 Å². The number of nitrogens with zero attached hydrogens (tertiary/aromatic N) is 4. The van der Waals surface area contributed by atoms with E-state index in [0.717, 1.165) is 12.8 Å². The second kappa shape index (κ2) is 13.4. The molecule has 1 aromatic carbocycles. The molecule has 14 heteroatoms. The molecule has 0 spiro atoms. The average Bonchev–Trinajstić information content (AvgIpc) is 3.71. The fourth-order valence-electron chi connectivity index (χ4n) is 3.89. The van der Waals surface area contributed by atoms with Gasteiger partial charge < -0.3 is 29.6 Å². The van der Waals surface area contributed by atoms with E-state index in [1.165, 1.54) is 37.4 Å². The number of alkyl halides is 3. The van der Waals surface area contributed by atoms with Gasteiger partial charge >= 0.3 is 6.18 Å². The largest absolute Gasteiger partial charge is 0.493 e. The minimum atomic E-state index is -4.58. The number of carbonyl (C=O) groups is 1. The SMILES string of the molecule is C=Nc1cc(OC)c(OC)cc1/C(=C\C)Oc1ccc(NC(=O)c2nn(CCNC3CC3)cc2OCC(F)(F)F)nc1. The molecule has 0 atom stereocenters. The van der Waals surface area contributed by atoms with Crippen molar-refractivity contribution in [3.63, 3.8) is 0 Å². The highest BCUT2D eigenvalue weighted by Crippen LogP contribution is 2.38. The molecule has 0 saturated heterocycles. The van der Waals surface area contributed by atoms with Crippen LogP contribution in [-0.2, 0) is 6.54 Å². The van der Waals surface area contributed by atoms with Crippen LogP contribution in [0.15, 0.2) is 47.7 Å². The maximum atomic E-state index is 13.0. The van der Waals surface area contributed by atoms with Gasteiger partial charge in [-0.2, -0.15) is 18.3 Å². The monoisotopic (exact) mass is 588 g/mol. The number of aliphatic imine (C=N–C) groups is 1. The van der Waals surface area contributed by atoms with Gasteiger partial charge in [-0.15, -0.1) is 0 Å². The molecular formula is C28H31F3N6O5. The van der Waals surface area contributed by atoms with E-state index in [1.54, 1.807) is 31.2 Å². The third kappa shape index (κ3) is 8.00. The molecular weight excluding hydrogens is 557 g/mol. The second-order valence-corrected chi connectivity index (χ2v) is 9.21. The van der Waals surface area contributed by atoms with Crippen LogP contribution in [0.3, 0.4) is 0 Å². The summed E-state index contributed by atoms with van der Waals surface area (Å²) in [6, 6.07) is 6.87. The number of carbonyl (C=O) groups excluding carboxylic acids is 1. The van der Waals surface area contributed by atoms with Gasteiger partial charge in [0.15, 0.2) is 29.5 Å². The summed E-state index contributed by atoms with van der Waals surface area (Å²) < 4.78 is 61.4. The minimum absolute atomic E-state index is 0.126. The Labute approximate surface area is 240 Å². The van der Waals surface area contributed by atoms with Crippen LogP contribution < -0.4 is 29.6 Å². The smallest absolute Gasteiger partial charge is 0.422 e. The van der Waals surface area contributed by atoms with Gasteiger partial charge in [0.1, 0.15) is 17.3 Å². The normalized spacial score (nSPS) is 13.4. The first-order chi connectivity index (χ1) is 20.1. The van der Waals surface area contributed by atoms with Gasteiger partial charge in [0, 0.05) is 24.2 Å². The zero-order valence-corrected chi connectivity index (χ0v) is 23.3. The third-order valence-electron chi connectivity index (χ3n) is 6.09. The zero-order chi connectivity index (χ0) is 30.3. The van der Waals surface area contributed by atoms with Crippen LogP contribution >= 0.6 is 0 Å². The van der Waals surface area contributed by atoms with Crippen molar-refractivity contribution in [3.05, 3.63) is 54.0 Å². The number of rotatable bonds is 14. The van der Waals surface area contributed by atoms with Crippen molar-refractivity contribution >= 4 is 29.9 Å². The van der Waals surface area contributed by atoms with E-state index < -0.39 is 18.7 Å². The second-order valence-electron chi connectivity index (χ2n) is 9.21. The Bertz CT molecular complexity index is 1440. The van der Waals surface area contributed by atoms with E-state index >= 15 is 0 Å². The molecule has 0 unspecified atom stereocenters. The van der Waals surface area contributed by atoms with Gasteiger partial charge in [0.05, 0.1) is 38.8 Å². The number of ether oxygens (including phenoxy) is 4. The molecule has 224 valence electrons. The molecule has 2 heterocycles. The van der Waals surface area contributed by atoms with Gasteiger partial charge in [0.2, 0.25) is 0 Å². The molecule has 1 aliphatic carbocycles. The summed E-state index contributed by atoms with van der Waals surface area (Å²) >= 11 is 0. The fraction of sp³-hybridized carbons (Fsp3) is 0.357. The molecule has 2 N–H and O–H groups in total. The first-order valence-corrected chi connectivity index (χ1v) is 13.0. The summed E-state index contributed by atoms with van der Waals surface area (Å²) in [7, 11) is 3.02. The zero-order valence-electron chi connectivity index (χ0n) is 23.3. The molecule has 1 aliphatic rings. The number of benzene rings is 1. The fourth-order valence-corrected chi connectivity index (χ4v) is 3.89. The predicted octanol–water partition coefficient (Wildman–Crippen LogP) is 5.01. The van der Waals surface area contributed by atoms with Crippen LogP contribution in [0, 0.1) is 0 Å². The van der Waals surface area contributed by atoms with E-state index in [9.17, 15) is 18.0 Å². The molecule has 0 bridgehead atoms. The number of methoxy groups -OCH3 is 2. The van der Waals surface area contributed by atoms with Crippen molar-refractivity contribution in [2.75, 3.05) is 32.7 Å². The number of hydrogen-bond acceptors (Lipinski definition) is 9. The Morgan fingerprint density at radius 2 is 1.93 bits per heavy atom. The minimum Gasteiger partial charge on any atom is -0.493 e. The van der Waals surface area contributed by atoms with Gasteiger partial charge in [0.25, 0.3) is 5.91 Å². The lowest BCUT2D eigenvalue weighted by Crippen LogP contribution is -2.22. The van der Waals surface area contributed by atoms with Crippen molar-refractivity contribution in [3.8, 4) is 23.0 Å². The number of halogens is 3. The summed E-state index contributed by atoms with van der Waals surface area (Å²) in [6.45, 7) is 4.74. The van der Waals surface area contributed by atoms with Crippen molar-refractivity contribution in [2.24, 2.45) is 4.99 Å². The number of amides is 1. The molecule has 0 radical (unpaired) electrons. The van der Waals surface area contributed by atoms with Crippen LogP contribution in [-0.4, -0.2) is 67.0 Å². The highest BCUT2D eigenvalue weighted by Gasteiger charge is 2.30. The quantitative estimate of drug-likeness (QED) is 0.199. The molecule has 42 heavy (non-hydrogen) atoms. The molecule has 4 rings (SSSR count). The molecule has 1 saturated carbocycles. The summed E-state index contributed by atoms with van der Waals surface area (Å²) in [5, 5.41) is 9.97. The van der Waals surface area contributed by atoms with Crippen LogP contribution in [0.2, 0.25) is 0 Å². The number of pyridine rings is 1. The molecule has 0 aliphatic heterocycles. The third-order valence-corrected chi connectivity index (χ3v) is 6.09. The molecule has 1 amide bonds. The Balaban J connectivity index is 1.46. The Kier molecular flexibility index (Phi) is 9.68. The Hall–Kier alpha value is -4.59. The average molecular weight is 589 g/mol. The number of hydrogen-bond donors (Lipinski definition) is 2. The standard InChI is InChI=1S/C28H31F3N6O5/c1-5-21(19-12-22(39-3)23(40-4)13-20(19)32-2)42-18-8-9-25(34-14-18)35-27(38)26-24(41-16-28(29,30)31)15-37(36-26)11-10-33-17-6-7-17/h5,8-9,12-15,17,33H,2,6-7,10-11,16H2,1,3-4H3,(H,34,35,38)/b21-5+. The molecule has 1 fully saturated rings. The number of aromatic nitrogens is 3. The van der Waals surface area contributed by atoms with Crippen LogP contribution in [0.4, 0.5) is 24.7 Å². The lowest BCUT2D eigenvalue weighted by molar-refractivity contribution is -0.153. The topological polar surface area (TPSA) is 121 Å². The molecule has 2 aromatic heterocycles. The van der Waals surface area contributed by atoms with Crippen LogP contribution in [0.5, 0.6) is 23.0 Å². The summed E-state index contributed by atoms with van der Waals surface area (Å²) in [5.41, 5.74) is 0.808. The summed E-state index contributed by atoms with van der Waals surface area (Å²) in [5.74, 6) is 0.795. The van der Waals surface area contributed by atoms with E-state index in [1.807, 2.05) is 0 Å². The number of anilines is 1. The van der Waals surface area contributed by atoms with Crippen molar-refractivity contribution in [1.29, 1.82) is 0 Å². The van der Waals surface area contributed by atoms with E-state index in [-0.39, 0.29) is 17.3 Å². The highest BCUT2D eigenvalue weighted by molar-refractivity contribution is 6.04. The van der Waals surface area contributed by atoms with Crippen molar-refractivity contribution < 1.29 is 36.9 Å². The molecule has 3 aromatic rings. The predicted molar refractivity (Wildman–Crippen MR) is 150 cm³/mol.